The van der Waals surface area contributed by atoms with Gasteiger partial charge in [0.05, 0.1) is 14.2 Å². The molecule has 7 nitrogen and oxygen atoms in total. The Kier molecular flexibility index (Phi) is 5.78. The number of benzene rings is 1. The van der Waals surface area contributed by atoms with E-state index >= 15 is 0 Å². The van der Waals surface area contributed by atoms with Crippen molar-refractivity contribution in [3.05, 3.63) is 35.9 Å². The minimum absolute atomic E-state index is 0.108. The highest BCUT2D eigenvalue weighted by atomic mass is 16.6. The summed E-state index contributed by atoms with van der Waals surface area (Å²) >= 11 is 0. The van der Waals surface area contributed by atoms with Gasteiger partial charge in [0.1, 0.15) is 12.1 Å². The summed E-state index contributed by atoms with van der Waals surface area (Å²) in [5.74, 6) is -1.06. The van der Waals surface area contributed by atoms with E-state index in [1.165, 1.54) is 14.2 Å². The van der Waals surface area contributed by atoms with Gasteiger partial charge in [-0.2, -0.15) is 0 Å². The molecule has 24 heavy (non-hydrogen) atoms. The Morgan fingerprint density at radius 3 is 2.50 bits per heavy atom. The lowest BCUT2D eigenvalue weighted by Gasteiger charge is -2.17. The molecule has 1 aliphatic rings. The lowest BCUT2D eigenvalue weighted by Crippen LogP contribution is -2.46. The molecule has 0 aliphatic heterocycles. The first-order valence-corrected chi connectivity index (χ1v) is 7.66. The van der Waals surface area contributed by atoms with Gasteiger partial charge in [-0.3, -0.25) is 4.79 Å². The summed E-state index contributed by atoms with van der Waals surface area (Å²) in [6.07, 6.45) is 0.336. The van der Waals surface area contributed by atoms with Crippen molar-refractivity contribution in [1.29, 1.82) is 0 Å². The number of amides is 1. The first-order valence-electron chi connectivity index (χ1n) is 7.66. The fourth-order valence-corrected chi connectivity index (χ4v) is 2.65. The quantitative estimate of drug-likeness (QED) is 0.603. The van der Waals surface area contributed by atoms with Gasteiger partial charge in [-0.1, -0.05) is 30.3 Å². The summed E-state index contributed by atoms with van der Waals surface area (Å²) in [6, 6.07) is 9.22. The predicted octanol–water partition coefficient (Wildman–Crippen LogP) is 1.80. The van der Waals surface area contributed by atoms with E-state index in [-0.39, 0.29) is 24.9 Å². The van der Waals surface area contributed by atoms with Gasteiger partial charge in [0, 0.05) is 6.42 Å². The van der Waals surface area contributed by atoms with E-state index in [1.807, 2.05) is 30.3 Å². The molecule has 0 spiro atoms. The lowest BCUT2D eigenvalue weighted by molar-refractivity contribution is -0.145. The topological polar surface area (TPSA) is 90.9 Å². The Balaban J connectivity index is 1.89. The zero-order valence-corrected chi connectivity index (χ0v) is 13.7. The molecule has 0 radical (unpaired) electrons. The van der Waals surface area contributed by atoms with Crippen molar-refractivity contribution < 1.29 is 28.6 Å². The maximum atomic E-state index is 12.0. The van der Waals surface area contributed by atoms with Crippen LogP contribution in [-0.4, -0.2) is 37.8 Å². The second kappa shape index (κ2) is 7.81. The van der Waals surface area contributed by atoms with Crippen LogP contribution < -0.4 is 5.32 Å². The molecular formula is C17H21NO6. The van der Waals surface area contributed by atoms with Gasteiger partial charge in [-0.15, -0.1) is 0 Å². The van der Waals surface area contributed by atoms with Gasteiger partial charge < -0.3 is 19.5 Å². The van der Waals surface area contributed by atoms with Crippen LogP contribution in [0.2, 0.25) is 0 Å². The van der Waals surface area contributed by atoms with E-state index in [4.69, 9.17) is 9.47 Å². The maximum absolute atomic E-state index is 12.0. The van der Waals surface area contributed by atoms with Crippen molar-refractivity contribution in [3.63, 3.8) is 0 Å². The first kappa shape index (κ1) is 17.8. The van der Waals surface area contributed by atoms with Crippen LogP contribution >= 0.6 is 0 Å². The number of carbonyl (C=O) groups excluding carboxylic acids is 3. The molecule has 0 bridgehead atoms. The van der Waals surface area contributed by atoms with E-state index in [9.17, 15) is 14.4 Å². The number of carbonyl (C=O) groups is 3. The summed E-state index contributed by atoms with van der Waals surface area (Å²) in [5, 5.41) is 2.59. The lowest BCUT2D eigenvalue weighted by atomic mass is 10.1. The highest BCUT2D eigenvalue weighted by Crippen LogP contribution is 2.47. The summed E-state index contributed by atoms with van der Waals surface area (Å²) < 4.78 is 14.5. The third kappa shape index (κ3) is 4.24. The molecule has 0 unspecified atom stereocenters. The molecule has 1 saturated carbocycles. The van der Waals surface area contributed by atoms with E-state index in [2.05, 4.69) is 10.1 Å². The first-order chi connectivity index (χ1) is 11.5. The number of hydrogen-bond acceptors (Lipinski definition) is 6. The smallest absolute Gasteiger partial charge is 0.408 e. The van der Waals surface area contributed by atoms with Crippen LogP contribution in [0.5, 0.6) is 0 Å². The molecule has 130 valence electrons. The van der Waals surface area contributed by atoms with Crippen LogP contribution in [0, 0.1) is 5.92 Å². The standard InChI is InChI=1S/C17H21NO6/c1-22-14(19)9-8-13-10-17(13,15(20)23-2)18-16(21)24-11-12-6-4-3-5-7-12/h3-7,13H,8-11H2,1-2H3,(H,18,21)/t13-,17-/m0/s1. The molecule has 1 aromatic carbocycles. The minimum atomic E-state index is -1.11. The van der Waals surface area contributed by atoms with E-state index < -0.39 is 17.6 Å². The Labute approximate surface area is 140 Å². The molecule has 1 N–H and O–H groups in total. The van der Waals surface area contributed by atoms with E-state index in [1.54, 1.807) is 0 Å². The third-order valence-corrected chi connectivity index (χ3v) is 4.12. The number of alkyl carbamates (subject to hydrolysis) is 1. The zero-order valence-electron chi connectivity index (χ0n) is 13.7. The van der Waals surface area contributed by atoms with Crippen LogP contribution in [0.3, 0.4) is 0 Å². The van der Waals surface area contributed by atoms with Crippen molar-refractivity contribution in [3.8, 4) is 0 Å². The second-order valence-corrected chi connectivity index (χ2v) is 5.67. The summed E-state index contributed by atoms with van der Waals surface area (Å²) in [5.41, 5.74) is -0.269. The average Bonchev–Trinajstić information content (AvgIpc) is 3.31. The number of ether oxygens (including phenoxy) is 3. The molecule has 0 saturated heterocycles. The summed E-state index contributed by atoms with van der Waals surface area (Å²) in [6.45, 7) is 0.108. The Hall–Kier alpha value is -2.57. The Morgan fingerprint density at radius 2 is 1.88 bits per heavy atom. The predicted molar refractivity (Wildman–Crippen MR) is 83.9 cm³/mol. The fraction of sp³-hybridized carbons (Fsp3) is 0.471. The van der Waals surface area contributed by atoms with Gasteiger partial charge in [-0.05, 0) is 24.3 Å². The molecular weight excluding hydrogens is 314 g/mol. The summed E-state index contributed by atoms with van der Waals surface area (Å²) in [7, 11) is 2.57. The largest absolute Gasteiger partial charge is 0.469 e. The average molecular weight is 335 g/mol. The van der Waals surface area contributed by atoms with Crippen molar-refractivity contribution in [2.24, 2.45) is 5.92 Å². The maximum Gasteiger partial charge on any atom is 0.408 e. The number of esters is 2. The second-order valence-electron chi connectivity index (χ2n) is 5.67. The molecule has 1 aliphatic carbocycles. The van der Waals surface area contributed by atoms with Crippen molar-refractivity contribution >= 4 is 18.0 Å². The third-order valence-electron chi connectivity index (χ3n) is 4.12. The van der Waals surface area contributed by atoms with Crippen molar-refractivity contribution in [2.45, 2.75) is 31.4 Å². The molecule has 0 aromatic heterocycles. The van der Waals surface area contributed by atoms with Gasteiger partial charge >= 0.3 is 18.0 Å². The molecule has 2 atom stereocenters. The van der Waals surface area contributed by atoms with Gasteiger partial charge in [0.25, 0.3) is 0 Å². The molecule has 1 amide bonds. The highest BCUT2D eigenvalue weighted by molar-refractivity contribution is 5.89. The van der Waals surface area contributed by atoms with Crippen LogP contribution in [-0.2, 0) is 30.4 Å². The normalized spacial score (nSPS) is 21.5. The van der Waals surface area contributed by atoms with E-state index in [0.717, 1.165) is 5.56 Å². The van der Waals surface area contributed by atoms with Gasteiger partial charge in [0.2, 0.25) is 0 Å². The summed E-state index contributed by atoms with van der Waals surface area (Å²) in [4.78, 5) is 35.2. The number of hydrogen-bond donors (Lipinski definition) is 1. The number of rotatable bonds is 7. The fourth-order valence-electron chi connectivity index (χ4n) is 2.65. The Bertz CT molecular complexity index is 602. The van der Waals surface area contributed by atoms with E-state index in [0.29, 0.717) is 12.8 Å². The number of nitrogens with one attached hydrogen (secondary N) is 1. The Morgan fingerprint density at radius 1 is 1.17 bits per heavy atom. The van der Waals surface area contributed by atoms with Crippen molar-refractivity contribution in [2.75, 3.05) is 14.2 Å². The van der Waals surface area contributed by atoms with Gasteiger partial charge in [-0.25, -0.2) is 9.59 Å². The molecule has 2 rings (SSSR count). The van der Waals surface area contributed by atoms with Crippen LogP contribution in [0.25, 0.3) is 0 Å². The zero-order chi connectivity index (χ0) is 17.6. The SMILES string of the molecule is COC(=O)CC[C@H]1C[C@@]1(NC(=O)OCc1ccccc1)C(=O)OC. The van der Waals surface area contributed by atoms with Crippen LogP contribution in [0.4, 0.5) is 4.79 Å². The molecule has 7 heteroatoms. The minimum Gasteiger partial charge on any atom is -0.469 e. The van der Waals surface area contributed by atoms with Crippen molar-refractivity contribution in [1.82, 2.24) is 5.32 Å². The van der Waals surface area contributed by atoms with Crippen LogP contribution in [0.1, 0.15) is 24.8 Å². The molecule has 0 heterocycles. The number of methoxy groups -OCH3 is 2. The molecule has 1 aromatic rings. The monoisotopic (exact) mass is 335 g/mol. The van der Waals surface area contributed by atoms with Crippen LogP contribution in [0.15, 0.2) is 30.3 Å². The molecule has 1 fully saturated rings. The highest BCUT2D eigenvalue weighted by Gasteiger charge is 2.62. The van der Waals surface area contributed by atoms with Gasteiger partial charge in [0.15, 0.2) is 0 Å².